The fourth-order valence-electron chi connectivity index (χ4n) is 2.94. The number of rotatable bonds is 4. The van der Waals surface area contributed by atoms with Crippen LogP contribution in [0.25, 0.3) is 0 Å². The summed E-state index contributed by atoms with van der Waals surface area (Å²) < 4.78 is 29.0. The molecule has 0 saturated carbocycles. The molecule has 3 rings (SSSR count). The number of nitrogens with zero attached hydrogens (tertiary/aromatic N) is 3. The number of likely N-dealkylation sites (tertiary alicyclic amines) is 1. The fourth-order valence-corrected chi connectivity index (χ4v) is 2.94. The second-order valence-corrected chi connectivity index (χ2v) is 5.64. The Balaban J connectivity index is 1.76. The fraction of sp³-hybridized carbons (Fsp3) is 0.375. The second kappa shape index (κ2) is 6.45. The van der Waals surface area contributed by atoms with Crippen LogP contribution in [0, 0.1) is 11.6 Å². The van der Waals surface area contributed by atoms with E-state index in [1.54, 1.807) is 23.1 Å². The molecule has 2 aromatic rings. The van der Waals surface area contributed by atoms with E-state index in [-0.39, 0.29) is 30.9 Å². The average Bonchev–Trinajstić information content (AvgIpc) is 3.16. The van der Waals surface area contributed by atoms with Gasteiger partial charge in [-0.2, -0.15) is 5.10 Å². The second-order valence-electron chi connectivity index (χ2n) is 5.64. The molecule has 1 aliphatic heterocycles. The minimum atomic E-state index is -0.740. The van der Waals surface area contributed by atoms with Crippen molar-refractivity contribution in [1.29, 1.82) is 0 Å². The average molecular weight is 321 g/mol. The number of aryl methyl sites for hydroxylation is 1. The Morgan fingerprint density at radius 3 is 2.96 bits per heavy atom. The molecule has 1 aliphatic rings. The van der Waals surface area contributed by atoms with Crippen molar-refractivity contribution in [3.05, 3.63) is 53.9 Å². The highest BCUT2D eigenvalue weighted by molar-refractivity contribution is 5.77. The molecule has 1 amide bonds. The van der Waals surface area contributed by atoms with Crippen molar-refractivity contribution in [2.45, 2.75) is 31.5 Å². The Morgan fingerprint density at radius 1 is 1.39 bits per heavy atom. The zero-order valence-electron chi connectivity index (χ0n) is 12.4. The number of aliphatic hydroxyl groups is 1. The summed E-state index contributed by atoms with van der Waals surface area (Å²) in [7, 11) is 0. The lowest BCUT2D eigenvalue weighted by Crippen LogP contribution is -2.32. The van der Waals surface area contributed by atoms with E-state index in [0.717, 1.165) is 18.2 Å². The minimum Gasteiger partial charge on any atom is -0.391 e. The maximum Gasteiger partial charge on any atom is 0.225 e. The van der Waals surface area contributed by atoms with Crippen molar-refractivity contribution < 1.29 is 18.7 Å². The summed E-state index contributed by atoms with van der Waals surface area (Å²) in [6.45, 7) is 0.523. The Morgan fingerprint density at radius 2 is 2.22 bits per heavy atom. The number of hydrogen-bond acceptors (Lipinski definition) is 3. The van der Waals surface area contributed by atoms with Crippen LogP contribution in [0.1, 0.15) is 24.4 Å². The molecule has 23 heavy (non-hydrogen) atoms. The summed E-state index contributed by atoms with van der Waals surface area (Å²) in [5.41, 5.74) is 0.106. The van der Waals surface area contributed by atoms with E-state index in [1.807, 2.05) is 0 Å². The molecule has 122 valence electrons. The van der Waals surface area contributed by atoms with Crippen LogP contribution in [0.3, 0.4) is 0 Å². The summed E-state index contributed by atoms with van der Waals surface area (Å²) in [4.78, 5) is 13.8. The maximum absolute atomic E-state index is 14.0. The summed E-state index contributed by atoms with van der Waals surface area (Å²) in [6, 6.07) is 4.28. The molecule has 1 aromatic heterocycles. The van der Waals surface area contributed by atoms with Crippen molar-refractivity contribution in [1.82, 2.24) is 14.7 Å². The molecular formula is C16H17F2N3O2. The van der Waals surface area contributed by atoms with Crippen LogP contribution in [0.5, 0.6) is 0 Å². The first-order valence-electron chi connectivity index (χ1n) is 7.44. The van der Waals surface area contributed by atoms with Crippen LogP contribution in [-0.4, -0.2) is 38.3 Å². The summed E-state index contributed by atoms with van der Waals surface area (Å²) >= 11 is 0. The van der Waals surface area contributed by atoms with Gasteiger partial charge in [0.25, 0.3) is 0 Å². The van der Waals surface area contributed by atoms with Crippen molar-refractivity contribution in [2.75, 3.05) is 6.54 Å². The van der Waals surface area contributed by atoms with E-state index in [4.69, 9.17) is 0 Å². The van der Waals surface area contributed by atoms with E-state index in [0.29, 0.717) is 6.54 Å². The van der Waals surface area contributed by atoms with Gasteiger partial charge in [-0.05, 0) is 30.7 Å². The summed E-state index contributed by atoms with van der Waals surface area (Å²) in [5.74, 6) is -1.35. The van der Waals surface area contributed by atoms with Gasteiger partial charge in [-0.3, -0.25) is 9.48 Å². The first-order chi connectivity index (χ1) is 11.0. The van der Waals surface area contributed by atoms with E-state index < -0.39 is 23.8 Å². The molecule has 0 bridgehead atoms. The first-order valence-corrected chi connectivity index (χ1v) is 7.44. The molecule has 0 unspecified atom stereocenters. The van der Waals surface area contributed by atoms with Crippen molar-refractivity contribution in [2.24, 2.45) is 0 Å². The Kier molecular flexibility index (Phi) is 4.38. The van der Waals surface area contributed by atoms with E-state index in [9.17, 15) is 18.7 Å². The van der Waals surface area contributed by atoms with Gasteiger partial charge >= 0.3 is 0 Å². The molecular weight excluding hydrogens is 304 g/mol. The van der Waals surface area contributed by atoms with E-state index in [2.05, 4.69) is 5.10 Å². The monoisotopic (exact) mass is 321 g/mol. The Hall–Kier alpha value is -2.28. The highest BCUT2D eigenvalue weighted by Gasteiger charge is 2.36. The predicted molar refractivity (Wildman–Crippen MR) is 78.3 cm³/mol. The summed E-state index contributed by atoms with van der Waals surface area (Å²) in [6.07, 6.45) is 3.01. The third-order valence-corrected chi connectivity index (χ3v) is 4.03. The molecule has 1 N–H and O–H groups in total. The van der Waals surface area contributed by atoms with Crippen LogP contribution in [0.15, 0.2) is 36.7 Å². The molecule has 1 fully saturated rings. The maximum atomic E-state index is 14.0. The molecule has 1 aromatic carbocycles. The molecule has 2 heterocycles. The number of hydrogen-bond donors (Lipinski definition) is 1. The van der Waals surface area contributed by atoms with Gasteiger partial charge in [-0.1, -0.05) is 0 Å². The van der Waals surface area contributed by atoms with Crippen molar-refractivity contribution in [3.63, 3.8) is 0 Å². The minimum absolute atomic E-state index is 0.106. The zero-order chi connectivity index (χ0) is 16.4. The number of benzene rings is 1. The molecule has 0 aliphatic carbocycles. The molecule has 1 saturated heterocycles. The molecule has 0 radical (unpaired) electrons. The van der Waals surface area contributed by atoms with Crippen LogP contribution in [-0.2, 0) is 11.3 Å². The van der Waals surface area contributed by atoms with E-state index >= 15 is 0 Å². The van der Waals surface area contributed by atoms with E-state index in [1.165, 1.54) is 4.90 Å². The molecule has 0 spiro atoms. The van der Waals surface area contributed by atoms with Gasteiger partial charge in [0.1, 0.15) is 11.6 Å². The van der Waals surface area contributed by atoms with Gasteiger partial charge in [0.2, 0.25) is 5.91 Å². The van der Waals surface area contributed by atoms with Crippen molar-refractivity contribution >= 4 is 5.91 Å². The lowest BCUT2D eigenvalue weighted by Gasteiger charge is -2.25. The largest absolute Gasteiger partial charge is 0.391 e. The Labute approximate surface area is 132 Å². The number of carbonyl (C=O) groups excluding carboxylic acids is 1. The van der Waals surface area contributed by atoms with Crippen LogP contribution in [0.2, 0.25) is 0 Å². The highest BCUT2D eigenvalue weighted by Crippen LogP contribution is 2.34. The Bertz CT molecular complexity index is 691. The smallest absolute Gasteiger partial charge is 0.225 e. The molecule has 2 atom stereocenters. The summed E-state index contributed by atoms with van der Waals surface area (Å²) in [5, 5.41) is 13.9. The highest BCUT2D eigenvalue weighted by atomic mass is 19.1. The number of aliphatic hydroxyl groups excluding tert-OH is 1. The first kappa shape index (κ1) is 15.6. The molecule has 5 nitrogen and oxygen atoms in total. The van der Waals surface area contributed by atoms with Crippen molar-refractivity contribution in [3.8, 4) is 0 Å². The topological polar surface area (TPSA) is 58.4 Å². The third-order valence-electron chi connectivity index (χ3n) is 4.03. The normalized spacial score (nSPS) is 20.9. The van der Waals surface area contributed by atoms with Gasteiger partial charge < -0.3 is 10.0 Å². The van der Waals surface area contributed by atoms with Gasteiger partial charge in [0, 0.05) is 37.5 Å². The van der Waals surface area contributed by atoms with Gasteiger partial charge in [-0.25, -0.2) is 8.78 Å². The lowest BCUT2D eigenvalue weighted by atomic mass is 10.0. The zero-order valence-corrected chi connectivity index (χ0v) is 12.4. The standard InChI is InChI=1S/C16H17F2N3O2/c17-11-2-3-14(18)13(8-11)15-9-12(22)10-21(15)16(23)4-7-20-6-1-5-19-20/h1-3,5-6,8,12,15,22H,4,7,9-10H2/t12-,15-/m1/s1. The quantitative estimate of drug-likeness (QED) is 0.935. The van der Waals surface area contributed by atoms with Gasteiger partial charge in [0.15, 0.2) is 0 Å². The number of aromatic nitrogens is 2. The predicted octanol–water partition coefficient (Wildman–Crippen LogP) is 1.89. The van der Waals surface area contributed by atoms with Crippen LogP contribution >= 0.6 is 0 Å². The SMILES string of the molecule is O=C(CCn1cccn1)N1C[C@H](O)C[C@@H]1c1cc(F)ccc1F. The van der Waals surface area contributed by atoms with Gasteiger partial charge in [-0.15, -0.1) is 0 Å². The third kappa shape index (κ3) is 3.39. The number of halogens is 2. The van der Waals surface area contributed by atoms with Crippen LogP contribution in [0.4, 0.5) is 8.78 Å². The number of β-amino-alcohol motifs (C(OH)–C–C–N with tert-alkyl or cyclic N) is 1. The van der Waals surface area contributed by atoms with Gasteiger partial charge in [0.05, 0.1) is 12.1 Å². The lowest BCUT2D eigenvalue weighted by molar-refractivity contribution is -0.132. The number of carbonyl (C=O) groups is 1. The molecule has 7 heteroatoms. The van der Waals surface area contributed by atoms with Crippen LogP contribution < -0.4 is 0 Å². The number of amides is 1.